The molecule has 2 aliphatic heterocycles. The van der Waals surface area contributed by atoms with Gasteiger partial charge in [0.05, 0.1) is 16.3 Å². The standard InChI is InChI=1S/C22H30N4O3S/c1-15-11-16(2)13-26(12-15)10-6-9-23-22(27)20-18-14-30(28,29)19-8-5-4-7-17(19)21(18)25(3)24-20/h4-5,7-8,15-16H,6,9-14H2,1-3H3,(H,23,27)/t15-,16-/m0/s1. The van der Waals surface area contributed by atoms with Crippen LogP contribution in [0.1, 0.15) is 42.7 Å². The quantitative estimate of drug-likeness (QED) is 0.737. The monoisotopic (exact) mass is 430 g/mol. The molecule has 30 heavy (non-hydrogen) atoms. The van der Waals surface area contributed by atoms with Gasteiger partial charge in [-0.3, -0.25) is 9.48 Å². The molecule has 1 fully saturated rings. The molecule has 7 nitrogen and oxygen atoms in total. The molecule has 1 saturated heterocycles. The Morgan fingerprint density at radius 1 is 1.20 bits per heavy atom. The Hall–Kier alpha value is -2.19. The molecule has 2 aliphatic rings. The van der Waals surface area contributed by atoms with E-state index in [0.717, 1.165) is 26.1 Å². The second-order valence-corrected chi connectivity index (χ2v) is 10.8. The lowest BCUT2D eigenvalue weighted by molar-refractivity contribution is 0.0941. The second-order valence-electron chi connectivity index (χ2n) is 8.87. The third-order valence-electron chi connectivity index (χ3n) is 6.05. The first kappa shape index (κ1) is 21.1. The first-order valence-electron chi connectivity index (χ1n) is 10.6. The molecule has 2 atom stereocenters. The van der Waals surface area contributed by atoms with E-state index in [2.05, 4.69) is 29.2 Å². The van der Waals surface area contributed by atoms with Crippen LogP contribution in [-0.2, 0) is 22.6 Å². The number of rotatable bonds is 5. The predicted octanol–water partition coefficient (Wildman–Crippen LogP) is 2.47. The molecule has 4 rings (SSSR count). The molecule has 2 aromatic rings. The van der Waals surface area contributed by atoms with E-state index in [9.17, 15) is 13.2 Å². The molecule has 0 unspecified atom stereocenters. The number of sulfone groups is 1. The molecule has 1 N–H and O–H groups in total. The van der Waals surface area contributed by atoms with Crippen molar-refractivity contribution in [3.63, 3.8) is 0 Å². The van der Waals surface area contributed by atoms with E-state index in [1.54, 1.807) is 36.0 Å². The van der Waals surface area contributed by atoms with Crippen molar-refractivity contribution in [1.29, 1.82) is 0 Å². The number of aryl methyl sites for hydroxylation is 1. The number of hydrogen-bond acceptors (Lipinski definition) is 5. The summed E-state index contributed by atoms with van der Waals surface area (Å²) >= 11 is 0. The van der Waals surface area contributed by atoms with Gasteiger partial charge in [-0.25, -0.2) is 8.42 Å². The zero-order valence-corrected chi connectivity index (χ0v) is 18.7. The number of fused-ring (bicyclic) bond motifs is 3. The highest BCUT2D eigenvalue weighted by Gasteiger charge is 2.34. The smallest absolute Gasteiger partial charge is 0.272 e. The van der Waals surface area contributed by atoms with Crippen molar-refractivity contribution in [3.8, 4) is 11.3 Å². The molecule has 0 saturated carbocycles. The third kappa shape index (κ3) is 4.03. The van der Waals surface area contributed by atoms with Crippen LogP contribution in [0.2, 0.25) is 0 Å². The number of benzene rings is 1. The zero-order valence-electron chi connectivity index (χ0n) is 17.9. The van der Waals surface area contributed by atoms with Gasteiger partial charge in [-0.05, 0) is 37.3 Å². The summed E-state index contributed by atoms with van der Waals surface area (Å²) in [5.74, 6) is 0.933. The summed E-state index contributed by atoms with van der Waals surface area (Å²) in [6, 6.07) is 6.91. The fourth-order valence-electron chi connectivity index (χ4n) is 4.99. The fraction of sp³-hybridized carbons (Fsp3) is 0.545. The van der Waals surface area contributed by atoms with Crippen LogP contribution >= 0.6 is 0 Å². The van der Waals surface area contributed by atoms with E-state index in [1.807, 2.05) is 0 Å². The number of likely N-dealkylation sites (tertiary alicyclic amines) is 1. The van der Waals surface area contributed by atoms with E-state index in [4.69, 9.17) is 0 Å². The maximum absolute atomic E-state index is 12.8. The number of carbonyl (C=O) groups is 1. The number of nitrogens with zero attached hydrogens (tertiary/aromatic N) is 3. The van der Waals surface area contributed by atoms with E-state index < -0.39 is 9.84 Å². The van der Waals surface area contributed by atoms with Crippen LogP contribution in [0.5, 0.6) is 0 Å². The first-order chi connectivity index (χ1) is 14.3. The molecular formula is C22H30N4O3S. The van der Waals surface area contributed by atoms with Gasteiger partial charge in [0.25, 0.3) is 5.91 Å². The number of carbonyl (C=O) groups excluding carboxylic acids is 1. The van der Waals surface area contributed by atoms with Crippen LogP contribution in [0.4, 0.5) is 0 Å². The highest BCUT2D eigenvalue weighted by molar-refractivity contribution is 7.90. The number of aromatic nitrogens is 2. The summed E-state index contributed by atoms with van der Waals surface area (Å²) in [5, 5.41) is 7.31. The lowest BCUT2D eigenvalue weighted by Crippen LogP contribution is -2.40. The molecule has 3 heterocycles. The van der Waals surface area contributed by atoms with Gasteiger partial charge < -0.3 is 10.2 Å². The number of hydrogen-bond donors (Lipinski definition) is 1. The summed E-state index contributed by atoms with van der Waals surface area (Å²) in [4.78, 5) is 15.6. The Kier molecular flexibility index (Phi) is 5.72. The summed E-state index contributed by atoms with van der Waals surface area (Å²) in [6.45, 7) is 8.32. The van der Waals surface area contributed by atoms with E-state index in [-0.39, 0.29) is 17.4 Å². The van der Waals surface area contributed by atoms with Crippen molar-refractivity contribution in [3.05, 3.63) is 35.5 Å². The Morgan fingerprint density at radius 2 is 1.90 bits per heavy atom. The topological polar surface area (TPSA) is 84.3 Å². The van der Waals surface area contributed by atoms with Crippen LogP contribution in [0.25, 0.3) is 11.3 Å². The molecule has 1 amide bonds. The Balaban J connectivity index is 1.44. The SMILES string of the molecule is C[C@H]1C[C@H](C)CN(CCCNC(=O)c2nn(C)c3c2CS(=O)(=O)c2ccccc2-3)C1. The molecule has 8 heteroatoms. The van der Waals surface area contributed by atoms with E-state index in [0.29, 0.717) is 40.1 Å². The lowest BCUT2D eigenvalue weighted by Gasteiger charge is -2.34. The Labute approximate surface area is 178 Å². The minimum absolute atomic E-state index is 0.195. The van der Waals surface area contributed by atoms with Gasteiger partial charge in [0.2, 0.25) is 0 Å². The van der Waals surface area contributed by atoms with Gasteiger partial charge in [0.15, 0.2) is 15.5 Å². The normalized spacial score (nSPS) is 22.9. The van der Waals surface area contributed by atoms with Crippen LogP contribution in [-0.4, -0.2) is 55.2 Å². The first-order valence-corrected chi connectivity index (χ1v) is 12.3. The Morgan fingerprint density at radius 3 is 2.63 bits per heavy atom. The summed E-state index contributed by atoms with van der Waals surface area (Å²) in [5.41, 5.74) is 2.03. The van der Waals surface area contributed by atoms with Gasteiger partial charge in [-0.2, -0.15) is 5.10 Å². The van der Waals surface area contributed by atoms with Gasteiger partial charge in [-0.1, -0.05) is 32.0 Å². The van der Waals surface area contributed by atoms with Crippen molar-refractivity contribution < 1.29 is 13.2 Å². The fourth-order valence-corrected chi connectivity index (χ4v) is 6.58. The Bertz CT molecular complexity index is 1050. The summed E-state index contributed by atoms with van der Waals surface area (Å²) < 4.78 is 27.1. The molecule has 0 radical (unpaired) electrons. The van der Waals surface area contributed by atoms with Gasteiger partial charge in [-0.15, -0.1) is 0 Å². The van der Waals surface area contributed by atoms with Crippen molar-refractivity contribution in [2.24, 2.45) is 18.9 Å². The van der Waals surface area contributed by atoms with Crippen LogP contribution < -0.4 is 5.32 Å². The molecular weight excluding hydrogens is 400 g/mol. The maximum atomic E-state index is 12.8. The summed E-state index contributed by atoms with van der Waals surface area (Å²) in [7, 11) is -1.74. The minimum atomic E-state index is -3.49. The van der Waals surface area contributed by atoms with Crippen LogP contribution in [0.15, 0.2) is 29.2 Å². The molecule has 0 bridgehead atoms. The van der Waals surface area contributed by atoms with Crippen molar-refractivity contribution in [2.75, 3.05) is 26.2 Å². The average molecular weight is 431 g/mol. The van der Waals surface area contributed by atoms with Gasteiger partial charge in [0, 0.05) is 37.8 Å². The van der Waals surface area contributed by atoms with Gasteiger partial charge >= 0.3 is 0 Å². The van der Waals surface area contributed by atoms with E-state index >= 15 is 0 Å². The van der Waals surface area contributed by atoms with Crippen LogP contribution in [0, 0.1) is 11.8 Å². The largest absolute Gasteiger partial charge is 0.351 e. The maximum Gasteiger partial charge on any atom is 0.272 e. The molecule has 1 aromatic carbocycles. The molecule has 0 spiro atoms. The number of piperidine rings is 1. The number of nitrogens with one attached hydrogen (secondary N) is 1. The van der Waals surface area contributed by atoms with Crippen LogP contribution in [0.3, 0.4) is 0 Å². The second kappa shape index (κ2) is 8.15. The van der Waals surface area contributed by atoms with E-state index in [1.165, 1.54) is 6.42 Å². The zero-order chi connectivity index (χ0) is 21.5. The van der Waals surface area contributed by atoms with Crippen molar-refractivity contribution in [1.82, 2.24) is 20.0 Å². The highest BCUT2D eigenvalue weighted by Crippen LogP contribution is 2.38. The molecule has 162 valence electrons. The third-order valence-corrected chi connectivity index (χ3v) is 7.75. The predicted molar refractivity (Wildman–Crippen MR) is 116 cm³/mol. The molecule has 1 aromatic heterocycles. The number of amides is 1. The van der Waals surface area contributed by atoms with Crippen molar-refractivity contribution >= 4 is 15.7 Å². The average Bonchev–Trinajstić information content (AvgIpc) is 3.00. The highest BCUT2D eigenvalue weighted by atomic mass is 32.2. The van der Waals surface area contributed by atoms with Gasteiger partial charge in [0.1, 0.15) is 0 Å². The molecule has 0 aliphatic carbocycles. The summed E-state index contributed by atoms with van der Waals surface area (Å²) in [6.07, 6.45) is 2.14. The van der Waals surface area contributed by atoms with Crippen molar-refractivity contribution in [2.45, 2.75) is 37.3 Å². The lowest BCUT2D eigenvalue weighted by atomic mass is 9.92. The minimum Gasteiger partial charge on any atom is -0.351 e.